The van der Waals surface area contributed by atoms with E-state index in [2.05, 4.69) is 0 Å². The molecule has 0 saturated heterocycles. The number of benzene rings is 2. The highest BCUT2D eigenvalue weighted by molar-refractivity contribution is 5.99. The molecule has 3 heteroatoms. The predicted octanol–water partition coefficient (Wildman–Crippen LogP) is 2.47. The minimum Gasteiger partial charge on any atom is -0.380 e. The molecule has 0 fully saturated rings. The van der Waals surface area contributed by atoms with Crippen LogP contribution in [-0.2, 0) is 0 Å². The van der Waals surface area contributed by atoms with Gasteiger partial charge in [-0.2, -0.15) is 5.26 Å². The van der Waals surface area contributed by atoms with Gasteiger partial charge in [-0.25, -0.2) is 0 Å². The number of aliphatic hydroxyl groups excluding tert-OH is 1. The first-order valence-corrected chi connectivity index (χ1v) is 5.50. The average Bonchev–Trinajstić information content (AvgIpc) is 2.47. The number of carbonyl (C=O) groups excluding carboxylic acids is 1. The van der Waals surface area contributed by atoms with Gasteiger partial charge in [-0.1, -0.05) is 42.5 Å². The summed E-state index contributed by atoms with van der Waals surface area (Å²) in [6.07, 6.45) is -1.19. The maximum Gasteiger partial charge on any atom is 0.195 e. The van der Waals surface area contributed by atoms with Gasteiger partial charge in [-0.3, -0.25) is 4.79 Å². The fourth-order valence-electron chi connectivity index (χ4n) is 1.65. The van der Waals surface area contributed by atoms with E-state index >= 15 is 0 Å². The predicted molar refractivity (Wildman–Crippen MR) is 66.9 cm³/mol. The standard InChI is InChI=1S/C15H11NO2/c16-10-11-6-8-13(9-7-11)15(18)14(17)12-4-2-1-3-5-12/h1-9,15,18H. The van der Waals surface area contributed by atoms with Crippen molar-refractivity contribution in [1.29, 1.82) is 5.26 Å². The van der Waals surface area contributed by atoms with Gasteiger partial charge >= 0.3 is 0 Å². The van der Waals surface area contributed by atoms with E-state index in [0.29, 0.717) is 16.7 Å². The second-order valence-electron chi connectivity index (χ2n) is 3.87. The summed E-state index contributed by atoms with van der Waals surface area (Å²) in [5.41, 5.74) is 1.45. The third-order valence-electron chi connectivity index (χ3n) is 2.66. The Bertz CT molecular complexity index is 582. The van der Waals surface area contributed by atoms with Gasteiger partial charge in [0, 0.05) is 5.56 Å². The van der Waals surface area contributed by atoms with Crippen LogP contribution in [0.2, 0.25) is 0 Å². The molecule has 1 atom stereocenters. The van der Waals surface area contributed by atoms with Crippen LogP contribution in [0.3, 0.4) is 0 Å². The summed E-state index contributed by atoms with van der Waals surface area (Å²) in [6, 6.07) is 17.0. The van der Waals surface area contributed by atoms with Gasteiger partial charge in [0.25, 0.3) is 0 Å². The van der Waals surface area contributed by atoms with Crippen molar-refractivity contribution >= 4 is 5.78 Å². The molecule has 2 aromatic carbocycles. The Morgan fingerprint density at radius 1 is 1.06 bits per heavy atom. The van der Waals surface area contributed by atoms with Gasteiger partial charge in [0.2, 0.25) is 0 Å². The smallest absolute Gasteiger partial charge is 0.195 e. The number of hydrogen-bond acceptors (Lipinski definition) is 3. The van der Waals surface area contributed by atoms with E-state index in [1.165, 1.54) is 0 Å². The van der Waals surface area contributed by atoms with Crippen LogP contribution < -0.4 is 0 Å². The summed E-state index contributed by atoms with van der Waals surface area (Å²) in [5.74, 6) is -0.347. The molecule has 0 radical (unpaired) electrons. The molecule has 0 amide bonds. The molecule has 0 bridgehead atoms. The van der Waals surface area contributed by atoms with Gasteiger partial charge in [0.1, 0.15) is 6.10 Å². The SMILES string of the molecule is N#Cc1ccc(C(O)C(=O)c2ccccc2)cc1. The molecule has 1 unspecified atom stereocenters. The molecule has 1 N–H and O–H groups in total. The van der Waals surface area contributed by atoms with E-state index in [1.807, 2.05) is 12.1 Å². The van der Waals surface area contributed by atoms with Crippen molar-refractivity contribution in [3.8, 4) is 6.07 Å². The van der Waals surface area contributed by atoms with Gasteiger partial charge in [0.15, 0.2) is 5.78 Å². The maximum absolute atomic E-state index is 12.0. The zero-order chi connectivity index (χ0) is 13.0. The normalized spacial score (nSPS) is 11.6. The van der Waals surface area contributed by atoms with E-state index in [9.17, 15) is 9.90 Å². The van der Waals surface area contributed by atoms with Gasteiger partial charge in [-0.05, 0) is 17.7 Å². The quantitative estimate of drug-likeness (QED) is 0.834. The highest BCUT2D eigenvalue weighted by Crippen LogP contribution is 2.18. The van der Waals surface area contributed by atoms with Crippen molar-refractivity contribution in [3.05, 3.63) is 71.3 Å². The lowest BCUT2D eigenvalue weighted by molar-refractivity contribution is 0.0747. The van der Waals surface area contributed by atoms with Crippen LogP contribution in [0.15, 0.2) is 54.6 Å². The van der Waals surface area contributed by atoms with Crippen LogP contribution in [0.1, 0.15) is 27.6 Å². The van der Waals surface area contributed by atoms with Crippen LogP contribution >= 0.6 is 0 Å². The van der Waals surface area contributed by atoms with Crippen LogP contribution in [0.5, 0.6) is 0 Å². The van der Waals surface area contributed by atoms with Crippen molar-refractivity contribution in [2.75, 3.05) is 0 Å². The first-order chi connectivity index (χ1) is 8.72. The summed E-state index contributed by atoms with van der Waals surface area (Å²) in [7, 11) is 0. The lowest BCUT2D eigenvalue weighted by Crippen LogP contribution is -2.12. The van der Waals surface area contributed by atoms with Crippen LogP contribution in [0, 0.1) is 11.3 Å². The van der Waals surface area contributed by atoms with Gasteiger partial charge in [-0.15, -0.1) is 0 Å². The number of ketones is 1. The second-order valence-corrected chi connectivity index (χ2v) is 3.87. The Labute approximate surface area is 105 Å². The van der Waals surface area contributed by atoms with Crippen molar-refractivity contribution in [3.63, 3.8) is 0 Å². The van der Waals surface area contributed by atoms with Crippen molar-refractivity contribution in [2.45, 2.75) is 6.10 Å². The molecule has 0 aliphatic rings. The van der Waals surface area contributed by atoms with Crippen molar-refractivity contribution < 1.29 is 9.90 Å². The summed E-state index contributed by atoms with van der Waals surface area (Å²) in [5, 5.41) is 18.6. The monoisotopic (exact) mass is 237 g/mol. The van der Waals surface area contributed by atoms with Crippen LogP contribution in [0.25, 0.3) is 0 Å². The number of carbonyl (C=O) groups is 1. The largest absolute Gasteiger partial charge is 0.380 e. The topological polar surface area (TPSA) is 61.1 Å². The van der Waals surface area contributed by atoms with Crippen LogP contribution in [0.4, 0.5) is 0 Å². The summed E-state index contributed by atoms with van der Waals surface area (Å²) in [6.45, 7) is 0. The second kappa shape index (κ2) is 5.26. The highest BCUT2D eigenvalue weighted by Gasteiger charge is 2.18. The molecule has 0 aromatic heterocycles. The lowest BCUT2D eigenvalue weighted by atomic mass is 9.99. The number of hydrogen-bond donors (Lipinski definition) is 1. The molecule has 3 nitrogen and oxygen atoms in total. The minimum atomic E-state index is -1.19. The Morgan fingerprint density at radius 2 is 1.67 bits per heavy atom. The summed E-state index contributed by atoms with van der Waals surface area (Å²) in [4.78, 5) is 12.0. The number of Topliss-reactive ketones (excluding diaryl/α,β-unsaturated/α-hetero) is 1. The molecule has 18 heavy (non-hydrogen) atoms. The fourth-order valence-corrected chi connectivity index (χ4v) is 1.65. The number of rotatable bonds is 3. The molecular weight excluding hydrogens is 226 g/mol. The van der Waals surface area contributed by atoms with E-state index < -0.39 is 6.10 Å². The Hall–Kier alpha value is -2.44. The average molecular weight is 237 g/mol. The molecule has 0 spiro atoms. The number of aliphatic hydroxyl groups is 1. The molecule has 2 rings (SSSR count). The fraction of sp³-hybridized carbons (Fsp3) is 0.0667. The number of nitrogens with zero attached hydrogens (tertiary/aromatic N) is 1. The van der Waals surface area contributed by atoms with Crippen molar-refractivity contribution in [1.82, 2.24) is 0 Å². The lowest BCUT2D eigenvalue weighted by Gasteiger charge is -2.09. The van der Waals surface area contributed by atoms with Gasteiger partial charge in [0.05, 0.1) is 11.6 Å². The minimum absolute atomic E-state index is 0.347. The molecule has 0 heterocycles. The third-order valence-corrected chi connectivity index (χ3v) is 2.66. The number of nitriles is 1. The van der Waals surface area contributed by atoms with Gasteiger partial charge < -0.3 is 5.11 Å². The summed E-state index contributed by atoms with van der Waals surface area (Å²) < 4.78 is 0. The van der Waals surface area contributed by atoms with E-state index in [1.54, 1.807) is 48.5 Å². The molecular formula is C15H11NO2. The van der Waals surface area contributed by atoms with Crippen LogP contribution in [-0.4, -0.2) is 10.9 Å². The Balaban J connectivity index is 2.23. The first kappa shape index (κ1) is 12.0. The third kappa shape index (κ3) is 2.45. The van der Waals surface area contributed by atoms with E-state index in [0.717, 1.165) is 0 Å². The zero-order valence-electron chi connectivity index (χ0n) is 9.58. The van der Waals surface area contributed by atoms with E-state index in [-0.39, 0.29) is 5.78 Å². The summed E-state index contributed by atoms with van der Waals surface area (Å²) >= 11 is 0. The molecule has 0 aliphatic heterocycles. The molecule has 0 saturated carbocycles. The zero-order valence-corrected chi connectivity index (χ0v) is 9.58. The molecule has 88 valence electrons. The molecule has 2 aromatic rings. The first-order valence-electron chi connectivity index (χ1n) is 5.50. The Morgan fingerprint density at radius 3 is 2.22 bits per heavy atom. The highest BCUT2D eigenvalue weighted by atomic mass is 16.3. The van der Waals surface area contributed by atoms with Crippen molar-refractivity contribution in [2.24, 2.45) is 0 Å². The Kier molecular flexibility index (Phi) is 3.52. The molecule has 0 aliphatic carbocycles. The maximum atomic E-state index is 12.0. The van der Waals surface area contributed by atoms with E-state index in [4.69, 9.17) is 5.26 Å².